The first-order valence-electron chi connectivity index (χ1n) is 7.82. The minimum atomic E-state index is -0.271. The number of rotatable bonds is 4. The summed E-state index contributed by atoms with van der Waals surface area (Å²) in [4.78, 5) is 16.9. The highest BCUT2D eigenvalue weighted by Gasteiger charge is 2.14. The second-order valence-electron chi connectivity index (χ2n) is 5.66. The molecule has 0 saturated carbocycles. The van der Waals surface area contributed by atoms with Gasteiger partial charge in [0.25, 0.3) is 5.91 Å². The van der Waals surface area contributed by atoms with Gasteiger partial charge in [0.1, 0.15) is 12.1 Å². The van der Waals surface area contributed by atoms with Crippen LogP contribution in [0, 0.1) is 0 Å². The summed E-state index contributed by atoms with van der Waals surface area (Å²) in [5, 5.41) is 7.76. The molecular weight excluding hydrogens is 354 g/mol. The number of furan rings is 1. The van der Waals surface area contributed by atoms with Crippen LogP contribution in [0.1, 0.15) is 15.9 Å². The number of benzene rings is 1. The summed E-state index contributed by atoms with van der Waals surface area (Å²) >= 11 is 6.11. The Morgan fingerprint density at radius 2 is 2.12 bits per heavy atom. The molecule has 1 aromatic carbocycles. The number of nitrogens with two attached hydrogens (primary N) is 1. The van der Waals surface area contributed by atoms with Crippen molar-refractivity contribution in [1.29, 1.82) is 0 Å². The maximum absolute atomic E-state index is 12.5. The first-order valence-corrected chi connectivity index (χ1v) is 8.20. The molecule has 7 nitrogen and oxygen atoms in total. The zero-order chi connectivity index (χ0) is 18.1. The fourth-order valence-electron chi connectivity index (χ4n) is 2.57. The summed E-state index contributed by atoms with van der Waals surface area (Å²) in [7, 11) is 0. The summed E-state index contributed by atoms with van der Waals surface area (Å²) in [6, 6.07) is 12.3. The van der Waals surface area contributed by atoms with Gasteiger partial charge in [-0.05, 0) is 29.8 Å². The minimum Gasteiger partial charge on any atom is -0.472 e. The number of fused-ring (bicyclic) bond motifs is 1. The van der Waals surface area contributed by atoms with Gasteiger partial charge in [-0.2, -0.15) is 4.52 Å². The predicted molar refractivity (Wildman–Crippen MR) is 97.7 cm³/mol. The van der Waals surface area contributed by atoms with Crippen LogP contribution in [0.15, 0.2) is 59.4 Å². The standard InChI is InChI=1S/C18H14ClN5O2/c19-14-4-2-1-3-11(14)9-21-18(25)13-7-15(20)24-16(8-13)22-17(23-24)12-5-6-26-10-12/h1-8,10H,9,20H2,(H,21,25). The van der Waals surface area contributed by atoms with Gasteiger partial charge in [-0.25, -0.2) is 4.98 Å². The molecule has 0 radical (unpaired) electrons. The van der Waals surface area contributed by atoms with Gasteiger partial charge in [0.15, 0.2) is 11.5 Å². The molecule has 3 N–H and O–H groups in total. The molecule has 0 fully saturated rings. The summed E-state index contributed by atoms with van der Waals surface area (Å²) in [6.45, 7) is 0.316. The number of pyridine rings is 1. The SMILES string of the molecule is Nc1cc(C(=O)NCc2ccccc2Cl)cc2nc(-c3ccoc3)nn12. The maximum Gasteiger partial charge on any atom is 0.251 e. The largest absolute Gasteiger partial charge is 0.472 e. The molecule has 0 unspecified atom stereocenters. The van der Waals surface area contributed by atoms with Gasteiger partial charge >= 0.3 is 0 Å². The number of amides is 1. The Morgan fingerprint density at radius 3 is 2.88 bits per heavy atom. The van der Waals surface area contributed by atoms with E-state index in [1.807, 2.05) is 18.2 Å². The van der Waals surface area contributed by atoms with Crippen molar-refractivity contribution in [3.63, 3.8) is 0 Å². The van der Waals surface area contributed by atoms with Crippen molar-refractivity contribution in [2.75, 3.05) is 5.73 Å². The lowest BCUT2D eigenvalue weighted by atomic mass is 10.2. The van der Waals surface area contributed by atoms with E-state index in [9.17, 15) is 4.79 Å². The molecule has 4 aromatic rings. The lowest BCUT2D eigenvalue weighted by molar-refractivity contribution is 0.0951. The Kier molecular flexibility index (Phi) is 4.06. The number of nitrogens with one attached hydrogen (secondary N) is 1. The minimum absolute atomic E-state index is 0.271. The van der Waals surface area contributed by atoms with Crippen molar-refractivity contribution >= 4 is 29.0 Å². The Morgan fingerprint density at radius 1 is 1.27 bits per heavy atom. The normalized spacial score (nSPS) is 11.0. The second-order valence-corrected chi connectivity index (χ2v) is 6.07. The Labute approximate surface area is 153 Å². The predicted octanol–water partition coefficient (Wildman–Crippen LogP) is 3.15. The number of halogens is 1. The quantitative estimate of drug-likeness (QED) is 0.577. The van der Waals surface area contributed by atoms with Gasteiger partial charge in [0.05, 0.1) is 11.8 Å². The van der Waals surface area contributed by atoms with Crippen molar-refractivity contribution in [1.82, 2.24) is 19.9 Å². The van der Waals surface area contributed by atoms with Gasteiger partial charge in [0, 0.05) is 17.1 Å². The highest BCUT2D eigenvalue weighted by atomic mass is 35.5. The molecule has 8 heteroatoms. The molecule has 0 aliphatic carbocycles. The summed E-state index contributed by atoms with van der Waals surface area (Å²) < 4.78 is 6.52. The van der Waals surface area contributed by atoms with Gasteiger partial charge < -0.3 is 15.5 Å². The number of aromatic nitrogens is 3. The molecule has 0 aliphatic rings. The van der Waals surface area contributed by atoms with Crippen molar-refractivity contribution in [3.05, 3.63) is 71.1 Å². The molecule has 26 heavy (non-hydrogen) atoms. The van der Waals surface area contributed by atoms with Crippen molar-refractivity contribution in [3.8, 4) is 11.4 Å². The van der Waals surface area contributed by atoms with Crippen molar-refractivity contribution < 1.29 is 9.21 Å². The molecule has 130 valence electrons. The monoisotopic (exact) mass is 367 g/mol. The van der Waals surface area contributed by atoms with Gasteiger partial charge in [-0.15, -0.1) is 5.10 Å². The third kappa shape index (κ3) is 3.00. The number of nitrogens with zero attached hydrogens (tertiary/aromatic N) is 3. The Balaban J connectivity index is 1.60. The molecule has 1 amide bonds. The topological polar surface area (TPSA) is 98.5 Å². The third-order valence-electron chi connectivity index (χ3n) is 3.90. The molecule has 3 heterocycles. The molecule has 0 aliphatic heterocycles. The Hall–Kier alpha value is -3.32. The van der Waals surface area contributed by atoms with E-state index in [1.165, 1.54) is 10.8 Å². The van der Waals surface area contributed by atoms with Gasteiger partial charge in [-0.3, -0.25) is 4.79 Å². The van der Waals surface area contributed by atoms with Crippen molar-refractivity contribution in [2.24, 2.45) is 0 Å². The number of anilines is 1. The molecule has 0 saturated heterocycles. The van der Waals surface area contributed by atoms with Crippen molar-refractivity contribution in [2.45, 2.75) is 6.54 Å². The fraction of sp³-hybridized carbons (Fsp3) is 0.0556. The highest BCUT2D eigenvalue weighted by Crippen LogP contribution is 2.20. The first kappa shape index (κ1) is 16.2. The van der Waals surface area contributed by atoms with E-state index in [2.05, 4.69) is 15.4 Å². The number of hydrogen-bond donors (Lipinski definition) is 2. The number of carbonyl (C=O) groups is 1. The fourth-order valence-corrected chi connectivity index (χ4v) is 2.78. The summed E-state index contributed by atoms with van der Waals surface area (Å²) in [5.74, 6) is 0.513. The molecule has 0 atom stereocenters. The van der Waals surface area contributed by atoms with E-state index >= 15 is 0 Å². The van der Waals surface area contributed by atoms with Crippen LogP contribution in [0.5, 0.6) is 0 Å². The lowest BCUT2D eigenvalue weighted by Gasteiger charge is -2.08. The summed E-state index contributed by atoms with van der Waals surface area (Å²) in [6.07, 6.45) is 3.08. The number of nitrogen functional groups attached to an aromatic ring is 1. The van der Waals surface area contributed by atoms with E-state index in [0.29, 0.717) is 34.4 Å². The van der Waals surface area contributed by atoms with E-state index in [1.54, 1.807) is 30.5 Å². The number of carbonyl (C=O) groups excluding carboxylic acids is 1. The summed E-state index contributed by atoms with van der Waals surface area (Å²) in [5.41, 5.74) is 8.47. The van der Waals surface area contributed by atoms with E-state index in [4.69, 9.17) is 21.8 Å². The van der Waals surface area contributed by atoms with Crippen LogP contribution in [0.4, 0.5) is 5.82 Å². The first-order chi connectivity index (χ1) is 12.6. The molecule has 0 bridgehead atoms. The highest BCUT2D eigenvalue weighted by molar-refractivity contribution is 6.31. The lowest BCUT2D eigenvalue weighted by Crippen LogP contribution is -2.23. The van der Waals surface area contributed by atoms with Crippen LogP contribution in [0.2, 0.25) is 5.02 Å². The Bertz CT molecular complexity index is 1090. The third-order valence-corrected chi connectivity index (χ3v) is 4.27. The zero-order valence-corrected chi connectivity index (χ0v) is 14.3. The van der Waals surface area contributed by atoms with Crippen LogP contribution in [-0.2, 0) is 6.54 Å². The van der Waals surface area contributed by atoms with Crippen LogP contribution in [-0.4, -0.2) is 20.5 Å². The van der Waals surface area contributed by atoms with Gasteiger partial charge in [0.2, 0.25) is 0 Å². The van der Waals surface area contributed by atoms with Gasteiger partial charge in [-0.1, -0.05) is 29.8 Å². The maximum atomic E-state index is 12.5. The zero-order valence-electron chi connectivity index (χ0n) is 13.5. The van der Waals surface area contributed by atoms with E-state index in [-0.39, 0.29) is 5.91 Å². The van der Waals surface area contributed by atoms with Crippen LogP contribution in [0.3, 0.4) is 0 Å². The van der Waals surface area contributed by atoms with Crippen LogP contribution >= 0.6 is 11.6 Å². The van der Waals surface area contributed by atoms with Crippen LogP contribution in [0.25, 0.3) is 17.0 Å². The van der Waals surface area contributed by atoms with E-state index in [0.717, 1.165) is 11.1 Å². The van der Waals surface area contributed by atoms with E-state index < -0.39 is 0 Å². The molecule has 4 rings (SSSR count). The molecular formula is C18H14ClN5O2. The molecule has 3 aromatic heterocycles. The average Bonchev–Trinajstić information content (AvgIpc) is 3.30. The number of hydrogen-bond acceptors (Lipinski definition) is 5. The smallest absolute Gasteiger partial charge is 0.251 e. The van der Waals surface area contributed by atoms with Crippen LogP contribution < -0.4 is 11.1 Å². The second kappa shape index (κ2) is 6.53. The average molecular weight is 368 g/mol. The molecule has 0 spiro atoms.